The van der Waals surface area contributed by atoms with Crippen LogP contribution in [0.4, 0.5) is 0 Å². The molecule has 1 saturated carbocycles. The van der Waals surface area contributed by atoms with E-state index in [1.54, 1.807) is 6.20 Å². The van der Waals surface area contributed by atoms with Crippen LogP contribution in [0.2, 0.25) is 0 Å². The summed E-state index contributed by atoms with van der Waals surface area (Å²) >= 11 is 1.83. The lowest BCUT2D eigenvalue weighted by atomic mass is 10.2. The zero-order valence-electron chi connectivity index (χ0n) is 12.5. The van der Waals surface area contributed by atoms with E-state index in [-0.39, 0.29) is 5.92 Å². The lowest BCUT2D eigenvalue weighted by Crippen LogP contribution is -2.30. The second-order valence-electron chi connectivity index (χ2n) is 5.81. The van der Waals surface area contributed by atoms with Crippen molar-refractivity contribution in [3.63, 3.8) is 0 Å². The molecule has 2 heterocycles. The summed E-state index contributed by atoms with van der Waals surface area (Å²) in [5.74, 6) is 0.977. The second-order valence-corrected chi connectivity index (χ2v) is 7.13. The molecule has 1 amide bonds. The Labute approximate surface area is 129 Å². The first-order chi connectivity index (χ1) is 10.1. The molecule has 2 aromatic heterocycles. The highest BCUT2D eigenvalue weighted by atomic mass is 32.1. The first-order valence-electron chi connectivity index (χ1n) is 7.42. The van der Waals surface area contributed by atoms with Crippen molar-refractivity contribution >= 4 is 17.2 Å². The third-order valence-electron chi connectivity index (χ3n) is 4.08. The molecule has 0 bridgehead atoms. The lowest BCUT2D eigenvalue weighted by molar-refractivity contribution is -0.131. The molecule has 2 atom stereocenters. The van der Waals surface area contributed by atoms with Crippen molar-refractivity contribution in [2.45, 2.75) is 32.2 Å². The number of aryl methyl sites for hydroxylation is 2. The van der Waals surface area contributed by atoms with E-state index in [9.17, 15) is 4.79 Å². The van der Waals surface area contributed by atoms with Gasteiger partial charge in [-0.05, 0) is 31.9 Å². The summed E-state index contributed by atoms with van der Waals surface area (Å²) in [5, 5.41) is 0. The van der Waals surface area contributed by atoms with Crippen molar-refractivity contribution in [2.75, 3.05) is 13.6 Å². The van der Waals surface area contributed by atoms with E-state index in [4.69, 9.17) is 0 Å². The number of amides is 1. The molecule has 112 valence electrons. The molecule has 1 aliphatic rings. The highest BCUT2D eigenvalue weighted by Gasteiger charge is 2.45. The average molecular weight is 303 g/mol. The first kappa shape index (κ1) is 14.3. The van der Waals surface area contributed by atoms with E-state index >= 15 is 0 Å². The smallest absolute Gasteiger partial charge is 0.226 e. The number of thiophene rings is 1. The zero-order valence-corrected chi connectivity index (χ0v) is 13.3. The van der Waals surface area contributed by atoms with E-state index in [1.165, 1.54) is 9.75 Å². The summed E-state index contributed by atoms with van der Waals surface area (Å²) in [4.78, 5) is 21.0. The number of hydrogen-bond acceptors (Lipinski definition) is 3. The predicted octanol–water partition coefficient (Wildman–Crippen LogP) is 2.91. The van der Waals surface area contributed by atoms with Crippen molar-refractivity contribution < 1.29 is 4.79 Å². The topological polar surface area (TPSA) is 38.1 Å². The van der Waals surface area contributed by atoms with Gasteiger partial charge in [0, 0.05) is 54.1 Å². The van der Waals surface area contributed by atoms with Crippen LogP contribution >= 0.6 is 11.3 Å². The van der Waals surface area contributed by atoms with Gasteiger partial charge in [-0.25, -0.2) is 4.98 Å². The average Bonchev–Trinajstić information content (AvgIpc) is 2.87. The molecule has 0 N–H and O–H groups in total. The largest absolute Gasteiger partial charge is 0.345 e. The number of aromatic nitrogens is 2. The summed E-state index contributed by atoms with van der Waals surface area (Å²) < 4.78 is 2.05. The van der Waals surface area contributed by atoms with E-state index in [1.807, 2.05) is 40.4 Å². The van der Waals surface area contributed by atoms with Gasteiger partial charge in [-0.15, -0.1) is 11.3 Å². The van der Waals surface area contributed by atoms with Crippen molar-refractivity contribution in [1.29, 1.82) is 0 Å². The van der Waals surface area contributed by atoms with Crippen LogP contribution < -0.4 is 0 Å². The van der Waals surface area contributed by atoms with Gasteiger partial charge in [-0.2, -0.15) is 0 Å². The monoisotopic (exact) mass is 303 g/mol. The van der Waals surface area contributed by atoms with Gasteiger partial charge in [0.15, 0.2) is 0 Å². The Kier molecular flexibility index (Phi) is 4.10. The maximum Gasteiger partial charge on any atom is 0.226 e. The number of hydrogen-bond donors (Lipinski definition) is 0. The number of nitrogens with zero attached hydrogens (tertiary/aromatic N) is 3. The van der Waals surface area contributed by atoms with Gasteiger partial charge in [0.2, 0.25) is 5.91 Å². The number of imidazole rings is 1. The van der Waals surface area contributed by atoms with Crippen LogP contribution in [0.3, 0.4) is 0 Å². The molecule has 0 aliphatic heterocycles. The van der Waals surface area contributed by atoms with Gasteiger partial charge in [0.05, 0.1) is 6.33 Å². The molecule has 0 radical (unpaired) electrons. The third kappa shape index (κ3) is 3.35. The Bertz CT molecular complexity index is 605. The number of carbonyl (C=O) groups excluding carboxylic acids is 1. The van der Waals surface area contributed by atoms with E-state index in [2.05, 4.69) is 24.0 Å². The fourth-order valence-electron chi connectivity index (χ4n) is 2.74. The Morgan fingerprint density at radius 2 is 2.38 bits per heavy atom. The van der Waals surface area contributed by atoms with Gasteiger partial charge in [-0.1, -0.05) is 0 Å². The summed E-state index contributed by atoms with van der Waals surface area (Å²) in [6, 6.07) is 4.33. The van der Waals surface area contributed by atoms with Gasteiger partial charge in [-0.3, -0.25) is 4.79 Å². The molecular weight excluding hydrogens is 282 g/mol. The number of rotatable bonds is 6. The van der Waals surface area contributed by atoms with Crippen molar-refractivity contribution in [3.05, 3.63) is 40.6 Å². The minimum absolute atomic E-state index is 0.210. The molecule has 4 nitrogen and oxygen atoms in total. The Morgan fingerprint density at radius 1 is 1.52 bits per heavy atom. The van der Waals surface area contributed by atoms with Gasteiger partial charge in [0.25, 0.3) is 0 Å². The van der Waals surface area contributed by atoms with Crippen LogP contribution in [0, 0.1) is 12.8 Å². The predicted molar refractivity (Wildman–Crippen MR) is 84.4 cm³/mol. The second kappa shape index (κ2) is 6.02. The van der Waals surface area contributed by atoms with Gasteiger partial charge >= 0.3 is 0 Å². The lowest BCUT2D eigenvalue weighted by Gasteiger charge is -2.17. The maximum atomic E-state index is 12.4. The standard InChI is InChI=1S/C16H21N3OS/c1-12-4-5-15(21-12)13-10-14(13)16(20)18(2)7-3-8-19-9-6-17-11-19/h4-6,9,11,13-14H,3,7-8,10H2,1-2H3/t13-,14+/m1/s1. The molecule has 0 saturated heterocycles. The number of carbonyl (C=O) groups is 1. The van der Waals surface area contributed by atoms with Crippen LogP contribution in [0.25, 0.3) is 0 Å². The fraction of sp³-hybridized carbons (Fsp3) is 0.500. The molecule has 1 aliphatic carbocycles. The molecule has 2 aromatic rings. The van der Waals surface area contributed by atoms with Crippen LogP contribution in [-0.4, -0.2) is 34.0 Å². The van der Waals surface area contributed by atoms with Crippen LogP contribution in [0.15, 0.2) is 30.9 Å². The van der Waals surface area contributed by atoms with E-state index in [0.717, 1.165) is 25.9 Å². The first-order valence-corrected chi connectivity index (χ1v) is 8.24. The molecule has 0 spiro atoms. The highest BCUT2D eigenvalue weighted by Crippen LogP contribution is 2.50. The molecule has 1 fully saturated rings. The molecule has 5 heteroatoms. The third-order valence-corrected chi connectivity index (χ3v) is 5.21. The maximum absolute atomic E-state index is 12.4. The molecule has 3 rings (SSSR count). The van der Waals surface area contributed by atoms with E-state index in [0.29, 0.717) is 11.8 Å². The van der Waals surface area contributed by atoms with Crippen molar-refractivity contribution in [3.8, 4) is 0 Å². The normalized spacial score (nSPS) is 20.5. The summed E-state index contributed by atoms with van der Waals surface area (Å²) in [6.45, 7) is 3.84. The minimum atomic E-state index is 0.210. The van der Waals surface area contributed by atoms with Crippen LogP contribution in [-0.2, 0) is 11.3 Å². The minimum Gasteiger partial charge on any atom is -0.345 e. The summed E-state index contributed by atoms with van der Waals surface area (Å²) in [5.41, 5.74) is 0. The zero-order chi connectivity index (χ0) is 14.8. The van der Waals surface area contributed by atoms with Gasteiger partial charge in [0.1, 0.15) is 0 Å². The molecule has 21 heavy (non-hydrogen) atoms. The van der Waals surface area contributed by atoms with Crippen molar-refractivity contribution in [2.24, 2.45) is 5.92 Å². The Hall–Kier alpha value is -1.62. The molecule has 0 aromatic carbocycles. The van der Waals surface area contributed by atoms with Crippen LogP contribution in [0.5, 0.6) is 0 Å². The quantitative estimate of drug-likeness (QED) is 0.823. The summed E-state index contributed by atoms with van der Waals surface area (Å²) in [7, 11) is 1.92. The highest BCUT2D eigenvalue weighted by molar-refractivity contribution is 7.12. The molecule has 0 unspecified atom stereocenters. The Balaban J connectivity index is 1.45. The van der Waals surface area contributed by atoms with Gasteiger partial charge < -0.3 is 9.47 Å². The molecular formula is C16H21N3OS. The fourth-order valence-corrected chi connectivity index (χ4v) is 3.79. The van der Waals surface area contributed by atoms with Crippen molar-refractivity contribution in [1.82, 2.24) is 14.5 Å². The van der Waals surface area contributed by atoms with Crippen LogP contribution in [0.1, 0.15) is 28.5 Å². The summed E-state index contributed by atoms with van der Waals surface area (Å²) in [6.07, 6.45) is 7.54. The SMILES string of the molecule is Cc1ccc([C@@H]2C[C@@H]2C(=O)N(C)CCCn2ccnc2)s1. The Morgan fingerprint density at radius 3 is 3.05 bits per heavy atom. The van der Waals surface area contributed by atoms with E-state index < -0.39 is 0 Å².